The van der Waals surface area contributed by atoms with Crippen molar-refractivity contribution < 1.29 is 22.8 Å². The van der Waals surface area contributed by atoms with Gasteiger partial charge in [-0.3, -0.25) is 9.59 Å². The topological polar surface area (TPSA) is 34.1 Å². The third-order valence-electron chi connectivity index (χ3n) is 3.31. The second kappa shape index (κ2) is 5.61. The molecule has 1 saturated carbocycles. The molecule has 2 rings (SSSR count). The van der Waals surface area contributed by atoms with E-state index in [-0.39, 0.29) is 6.42 Å². The molecule has 5 heteroatoms. The smallest absolute Gasteiger partial charge is 0.294 e. The first-order chi connectivity index (χ1) is 9.39. The molecule has 0 amide bonds. The minimum absolute atomic E-state index is 0.0245. The Morgan fingerprint density at radius 2 is 1.85 bits per heavy atom. The van der Waals surface area contributed by atoms with E-state index in [1.54, 1.807) is 36.4 Å². The van der Waals surface area contributed by atoms with Crippen molar-refractivity contribution in [1.29, 1.82) is 0 Å². The van der Waals surface area contributed by atoms with Crippen molar-refractivity contribution in [2.24, 2.45) is 5.92 Å². The van der Waals surface area contributed by atoms with Crippen LogP contribution in [-0.2, 0) is 9.59 Å². The Morgan fingerprint density at radius 1 is 1.20 bits per heavy atom. The van der Waals surface area contributed by atoms with Gasteiger partial charge < -0.3 is 0 Å². The van der Waals surface area contributed by atoms with Crippen LogP contribution in [0.3, 0.4) is 0 Å². The van der Waals surface area contributed by atoms with Crippen LogP contribution < -0.4 is 0 Å². The third kappa shape index (κ3) is 3.15. The molecule has 1 aromatic carbocycles. The predicted octanol–water partition coefficient (Wildman–Crippen LogP) is 3.57. The molecule has 0 spiro atoms. The van der Waals surface area contributed by atoms with Crippen molar-refractivity contribution >= 4 is 17.6 Å². The summed E-state index contributed by atoms with van der Waals surface area (Å²) in [6, 6.07) is 8.88. The van der Waals surface area contributed by atoms with Crippen molar-refractivity contribution in [2.45, 2.75) is 25.4 Å². The molecule has 1 aliphatic carbocycles. The summed E-state index contributed by atoms with van der Waals surface area (Å²) in [5.74, 6) is -4.19. The van der Waals surface area contributed by atoms with E-state index in [9.17, 15) is 22.8 Å². The van der Waals surface area contributed by atoms with Crippen molar-refractivity contribution in [3.05, 3.63) is 41.5 Å². The van der Waals surface area contributed by atoms with Gasteiger partial charge >= 0.3 is 6.18 Å². The molecule has 20 heavy (non-hydrogen) atoms. The summed E-state index contributed by atoms with van der Waals surface area (Å²) in [4.78, 5) is 23.3. The van der Waals surface area contributed by atoms with Gasteiger partial charge in [0.25, 0.3) is 0 Å². The van der Waals surface area contributed by atoms with Gasteiger partial charge in [-0.2, -0.15) is 13.2 Å². The summed E-state index contributed by atoms with van der Waals surface area (Å²) in [6.07, 6.45) is -2.58. The van der Waals surface area contributed by atoms with E-state index in [1.165, 1.54) is 0 Å². The Bertz CT molecular complexity index is 544. The van der Waals surface area contributed by atoms with Gasteiger partial charge in [-0.05, 0) is 36.5 Å². The van der Waals surface area contributed by atoms with Gasteiger partial charge in [0.1, 0.15) is 0 Å². The molecule has 1 aromatic rings. The van der Waals surface area contributed by atoms with Crippen LogP contribution in [0.1, 0.15) is 24.8 Å². The number of benzene rings is 1. The van der Waals surface area contributed by atoms with Crippen molar-refractivity contribution in [3.8, 4) is 0 Å². The summed E-state index contributed by atoms with van der Waals surface area (Å²) in [5, 5.41) is 0. The van der Waals surface area contributed by atoms with E-state index in [2.05, 4.69) is 0 Å². The quantitative estimate of drug-likeness (QED) is 0.614. The van der Waals surface area contributed by atoms with E-state index in [4.69, 9.17) is 0 Å². The van der Waals surface area contributed by atoms with Gasteiger partial charge in [0.05, 0.1) is 5.92 Å². The lowest BCUT2D eigenvalue weighted by atomic mass is 9.81. The van der Waals surface area contributed by atoms with Crippen LogP contribution in [0.4, 0.5) is 13.2 Å². The lowest BCUT2D eigenvalue weighted by molar-refractivity contribution is -0.176. The normalized spacial score (nSPS) is 22.1. The number of hydrogen-bond donors (Lipinski definition) is 0. The second-order valence-electron chi connectivity index (χ2n) is 4.75. The van der Waals surface area contributed by atoms with E-state index < -0.39 is 23.7 Å². The minimum atomic E-state index is -4.95. The Morgan fingerprint density at radius 3 is 2.45 bits per heavy atom. The molecule has 0 aliphatic heterocycles. The van der Waals surface area contributed by atoms with Crippen molar-refractivity contribution in [1.82, 2.24) is 0 Å². The average molecular weight is 282 g/mol. The molecule has 0 aromatic heterocycles. The van der Waals surface area contributed by atoms with Crippen LogP contribution >= 0.6 is 0 Å². The summed E-state index contributed by atoms with van der Waals surface area (Å²) >= 11 is 0. The standard InChI is InChI=1S/C15H13F3O2/c16-15(17,18)14(20)12-8-4-7-11(13(12)19)9-10-5-2-1-3-6-10/h1-3,5-6,9,12H,4,7-8H2/b11-9-. The Kier molecular flexibility index (Phi) is 4.06. The third-order valence-corrected chi connectivity index (χ3v) is 3.31. The molecule has 1 aliphatic rings. The Balaban J connectivity index is 2.24. The van der Waals surface area contributed by atoms with Crippen LogP contribution in [0, 0.1) is 5.92 Å². The van der Waals surface area contributed by atoms with E-state index in [0.29, 0.717) is 18.4 Å². The Hall–Kier alpha value is -1.91. The summed E-state index contributed by atoms with van der Waals surface area (Å²) in [6.45, 7) is 0. The molecule has 0 saturated heterocycles. The fraction of sp³-hybridized carbons (Fsp3) is 0.333. The molecule has 1 fully saturated rings. The maximum atomic E-state index is 12.4. The number of carbonyl (C=O) groups is 2. The number of alkyl halides is 3. The number of hydrogen-bond acceptors (Lipinski definition) is 2. The van der Waals surface area contributed by atoms with Crippen LogP contribution in [0.5, 0.6) is 0 Å². The predicted molar refractivity (Wildman–Crippen MR) is 67.8 cm³/mol. The molecule has 0 N–H and O–H groups in total. The molecular formula is C15H13F3O2. The van der Waals surface area contributed by atoms with Gasteiger partial charge in [-0.25, -0.2) is 0 Å². The van der Waals surface area contributed by atoms with Crippen LogP contribution in [0.2, 0.25) is 0 Å². The molecular weight excluding hydrogens is 269 g/mol. The summed E-state index contributed by atoms with van der Waals surface area (Å²) in [7, 11) is 0. The first-order valence-electron chi connectivity index (χ1n) is 6.30. The van der Waals surface area contributed by atoms with Gasteiger partial charge in [0.2, 0.25) is 5.78 Å². The number of Topliss-reactive ketones (excluding diaryl/α,β-unsaturated/α-hetero) is 2. The Labute approximate surface area is 114 Å². The highest BCUT2D eigenvalue weighted by Crippen LogP contribution is 2.32. The molecule has 0 radical (unpaired) electrons. The average Bonchev–Trinajstić information content (AvgIpc) is 2.40. The fourth-order valence-electron chi connectivity index (χ4n) is 2.32. The first kappa shape index (κ1) is 14.5. The number of rotatable bonds is 2. The molecule has 0 heterocycles. The van der Waals surface area contributed by atoms with Gasteiger partial charge in [-0.1, -0.05) is 30.3 Å². The molecule has 106 valence electrons. The van der Waals surface area contributed by atoms with Crippen molar-refractivity contribution in [2.75, 3.05) is 0 Å². The summed E-state index contributed by atoms with van der Waals surface area (Å²) < 4.78 is 37.3. The van der Waals surface area contributed by atoms with E-state index in [1.807, 2.05) is 0 Å². The first-order valence-corrected chi connectivity index (χ1v) is 6.30. The maximum absolute atomic E-state index is 12.4. The van der Waals surface area contributed by atoms with Crippen LogP contribution in [0.25, 0.3) is 6.08 Å². The van der Waals surface area contributed by atoms with E-state index >= 15 is 0 Å². The lowest BCUT2D eigenvalue weighted by Crippen LogP contribution is -2.37. The number of ketones is 2. The van der Waals surface area contributed by atoms with Crippen LogP contribution in [0.15, 0.2) is 35.9 Å². The lowest BCUT2D eigenvalue weighted by Gasteiger charge is -2.22. The number of allylic oxidation sites excluding steroid dienone is 1. The summed E-state index contributed by atoms with van der Waals surface area (Å²) in [5.41, 5.74) is 1.04. The number of halogens is 3. The largest absolute Gasteiger partial charge is 0.450 e. The second-order valence-corrected chi connectivity index (χ2v) is 4.75. The maximum Gasteiger partial charge on any atom is 0.450 e. The minimum Gasteiger partial charge on any atom is -0.294 e. The fourth-order valence-corrected chi connectivity index (χ4v) is 2.32. The zero-order valence-corrected chi connectivity index (χ0v) is 10.6. The molecule has 1 unspecified atom stereocenters. The molecule has 0 bridgehead atoms. The molecule has 1 atom stereocenters. The van der Waals surface area contributed by atoms with Crippen molar-refractivity contribution in [3.63, 3.8) is 0 Å². The monoisotopic (exact) mass is 282 g/mol. The number of carbonyl (C=O) groups excluding carboxylic acids is 2. The highest BCUT2D eigenvalue weighted by Gasteiger charge is 2.47. The van der Waals surface area contributed by atoms with Gasteiger partial charge in [0, 0.05) is 0 Å². The van der Waals surface area contributed by atoms with E-state index in [0.717, 1.165) is 5.56 Å². The zero-order chi connectivity index (χ0) is 14.8. The van der Waals surface area contributed by atoms with Gasteiger partial charge in [-0.15, -0.1) is 0 Å². The SMILES string of the molecule is O=C1/C(=C\c2ccccc2)CCCC1C(=O)C(F)(F)F. The molecule has 2 nitrogen and oxygen atoms in total. The highest BCUT2D eigenvalue weighted by molar-refractivity contribution is 6.14. The van der Waals surface area contributed by atoms with Crippen LogP contribution in [-0.4, -0.2) is 17.7 Å². The highest BCUT2D eigenvalue weighted by atomic mass is 19.4. The zero-order valence-electron chi connectivity index (χ0n) is 10.6. The van der Waals surface area contributed by atoms with Gasteiger partial charge in [0.15, 0.2) is 5.78 Å².